The molecular formula is C42H46MgN4O5-2. The smallest absolute Gasteiger partial charge is 0.681 e. The fourth-order valence-corrected chi connectivity index (χ4v) is 7.83. The Morgan fingerprint density at radius 2 is 1.65 bits per heavy atom. The normalized spacial score (nSPS) is 21.3. The predicted molar refractivity (Wildman–Crippen MR) is 205 cm³/mol. The van der Waals surface area contributed by atoms with Crippen molar-refractivity contribution in [3.05, 3.63) is 102 Å². The molecule has 0 spiro atoms. The van der Waals surface area contributed by atoms with Crippen LogP contribution in [0.2, 0.25) is 0 Å². The average Bonchev–Trinajstić information content (AvgIpc) is 3.84. The van der Waals surface area contributed by atoms with Crippen LogP contribution in [-0.2, 0) is 25.5 Å². The Balaban J connectivity index is 0.00000523. The molecule has 10 heteroatoms. The van der Waals surface area contributed by atoms with E-state index in [4.69, 9.17) is 29.7 Å². The fraction of sp³-hybridized carbons (Fsp3) is 0.405. The first-order valence-electron chi connectivity index (χ1n) is 17.9. The second kappa shape index (κ2) is 15.8. The van der Waals surface area contributed by atoms with Crippen LogP contribution in [0.15, 0.2) is 29.5 Å². The van der Waals surface area contributed by atoms with E-state index in [1.165, 1.54) is 12.7 Å². The van der Waals surface area contributed by atoms with Crippen molar-refractivity contribution in [2.45, 2.75) is 86.6 Å². The maximum Gasteiger partial charge on any atom is 2.00 e. The second-order valence-corrected chi connectivity index (χ2v) is 13.8. The van der Waals surface area contributed by atoms with Crippen molar-refractivity contribution in [2.75, 3.05) is 13.7 Å². The number of fused-ring (bicyclic) bond motifs is 8. The van der Waals surface area contributed by atoms with E-state index in [0.29, 0.717) is 34.5 Å². The first-order chi connectivity index (χ1) is 24.4. The number of esters is 2. The van der Waals surface area contributed by atoms with E-state index in [1.807, 2.05) is 51.2 Å². The molecule has 2 aliphatic heterocycles. The van der Waals surface area contributed by atoms with Gasteiger partial charge in [-0.05, 0) is 70.4 Å². The number of rotatable bonds is 10. The summed E-state index contributed by atoms with van der Waals surface area (Å²) in [7, 11) is 1.27. The van der Waals surface area contributed by atoms with E-state index in [9.17, 15) is 14.4 Å². The molecule has 3 aromatic heterocycles. The molecule has 52 heavy (non-hydrogen) atoms. The van der Waals surface area contributed by atoms with Gasteiger partial charge < -0.3 is 29.7 Å². The van der Waals surface area contributed by atoms with E-state index >= 15 is 0 Å². The number of carbonyl (C=O) groups is 3. The van der Waals surface area contributed by atoms with E-state index in [2.05, 4.69) is 34.3 Å². The number of ketones is 1. The monoisotopic (exact) mass is 710 g/mol. The number of carbonyl (C=O) groups excluding carboxylic acids is 3. The minimum Gasteiger partial charge on any atom is -0.681 e. The maximum absolute atomic E-state index is 14.2. The molecule has 5 heterocycles. The summed E-state index contributed by atoms with van der Waals surface area (Å²) in [5.74, 6) is -1.86. The third kappa shape index (κ3) is 6.83. The van der Waals surface area contributed by atoms with E-state index in [-0.39, 0.29) is 59.5 Å². The van der Waals surface area contributed by atoms with Crippen molar-refractivity contribution in [1.82, 2.24) is 15.0 Å². The molecule has 1 aliphatic carbocycles. The Morgan fingerprint density at radius 1 is 0.942 bits per heavy atom. The van der Waals surface area contributed by atoms with Crippen molar-refractivity contribution in [2.24, 2.45) is 11.8 Å². The van der Waals surface area contributed by atoms with E-state index in [1.54, 1.807) is 0 Å². The zero-order chi connectivity index (χ0) is 36.7. The Kier molecular flexibility index (Phi) is 11.8. The molecule has 0 amide bonds. The molecule has 3 aliphatic rings. The Bertz CT molecular complexity index is 2170. The number of aromatic nitrogens is 3. The van der Waals surface area contributed by atoms with Crippen LogP contribution >= 0.6 is 0 Å². The van der Waals surface area contributed by atoms with Gasteiger partial charge in [0, 0.05) is 12.0 Å². The van der Waals surface area contributed by atoms with Crippen molar-refractivity contribution in [1.29, 1.82) is 0 Å². The molecule has 1 unspecified atom stereocenters. The summed E-state index contributed by atoms with van der Waals surface area (Å²) in [4.78, 5) is 55.7. The Labute approximate surface area is 321 Å². The standard InChI is InChI=1S/C42H48N4O5.Mg/c1-10-13-21(4)16-17-51-35(47)15-14-28-24(7)31-18-29-22(5)26(11-2)33(43-29)19-30-23(6)27(12-3)34(44-30)20-32-25(8)36-40(46-32)37(39(28)45-31)38(41(36)48)42(49)50-9;/h11,16,18-20,24,28,39H,2,10,12-15,17H2,1,3-9H3,(H2-2,43,44,45,46,48,49);/q-2;+2/p-2/b21-16+;/t24-,28-,39?;/m0./s1. The quantitative estimate of drug-likeness (QED) is 0.117. The van der Waals surface area contributed by atoms with Gasteiger partial charge in [0.25, 0.3) is 0 Å². The van der Waals surface area contributed by atoms with Gasteiger partial charge in [-0.1, -0.05) is 97.5 Å². The molecule has 0 saturated carbocycles. The maximum atomic E-state index is 14.2. The van der Waals surface area contributed by atoms with Crippen molar-refractivity contribution < 1.29 is 23.9 Å². The van der Waals surface area contributed by atoms with Gasteiger partial charge in [-0.15, -0.1) is 33.5 Å². The van der Waals surface area contributed by atoms with Crippen LogP contribution in [0.4, 0.5) is 0 Å². The number of nitrogens with zero attached hydrogens (tertiary/aromatic N) is 4. The van der Waals surface area contributed by atoms with Gasteiger partial charge in [0.05, 0.1) is 7.11 Å². The fourth-order valence-electron chi connectivity index (χ4n) is 7.83. The van der Waals surface area contributed by atoms with Crippen molar-refractivity contribution in [3.63, 3.8) is 0 Å². The Hall–Kier alpha value is -4.28. The number of hydrogen-bond acceptors (Lipinski definition) is 5. The summed E-state index contributed by atoms with van der Waals surface area (Å²) in [5.41, 5.74) is 9.99. The zero-order valence-electron chi connectivity index (χ0n) is 31.6. The molecule has 0 N–H and O–H groups in total. The van der Waals surface area contributed by atoms with Gasteiger partial charge >= 0.3 is 35.0 Å². The molecule has 268 valence electrons. The van der Waals surface area contributed by atoms with E-state index < -0.39 is 17.8 Å². The minimum atomic E-state index is -0.726. The first-order valence-corrected chi connectivity index (χ1v) is 17.9. The SMILES string of the molecule is C=Cc1c2[n-]c(c1C)/C=C1\[N-]C(C3=C(C(=O)OC)C(=O)c4c3[n-]c(c4C)/C=c3\[n-]/c(c(C)c3CC)=C\2)[C@@H](CCC(=O)OC/C=C(\C)CCC)[C@@H]1C.[Mg+2]. The van der Waals surface area contributed by atoms with Gasteiger partial charge in [-0.3, -0.25) is 9.59 Å². The van der Waals surface area contributed by atoms with E-state index in [0.717, 1.165) is 69.3 Å². The van der Waals surface area contributed by atoms with Crippen LogP contribution < -0.4 is 25.7 Å². The molecule has 6 rings (SSSR count). The summed E-state index contributed by atoms with van der Waals surface area (Å²) in [6, 6.07) is -0.641. The zero-order valence-corrected chi connectivity index (χ0v) is 33.0. The summed E-state index contributed by atoms with van der Waals surface area (Å²) in [5, 5.41) is 6.83. The topological polar surface area (TPSA) is 126 Å². The van der Waals surface area contributed by atoms with Crippen LogP contribution in [0.5, 0.6) is 0 Å². The summed E-state index contributed by atoms with van der Waals surface area (Å²) < 4.78 is 10.8. The van der Waals surface area contributed by atoms with Gasteiger partial charge in [0.2, 0.25) is 0 Å². The van der Waals surface area contributed by atoms with Crippen LogP contribution in [0.3, 0.4) is 0 Å². The van der Waals surface area contributed by atoms with Gasteiger partial charge in [-0.25, -0.2) is 4.79 Å². The molecule has 0 aromatic carbocycles. The molecule has 3 aromatic rings. The largest absolute Gasteiger partial charge is 2.00 e. The van der Waals surface area contributed by atoms with Gasteiger partial charge in [0.1, 0.15) is 12.2 Å². The summed E-state index contributed by atoms with van der Waals surface area (Å²) in [6.07, 6.45) is 13.0. The molecule has 8 bridgehead atoms. The predicted octanol–water partition coefficient (Wildman–Crippen LogP) is 5.52. The van der Waals surface area contributed by atoms with Crippen LogP contribution in [0.1, 0.15) is 114 Å². The number of allylic oxidation sites excluding steroid dienone is 2. The van der Waals surface area contributed by atoms with Crippen LogP contribution in [0, 0.1) is 32.6 Å². The first kappa shape index (κ1) is 38.9. The third-order valence-corrected chi connectivity index (χ3v) is 10.8. The molecule has 1 saturated heterocycles. The average molecular weight is 711 g/mol. The molecule has 1 fully saturated rings. The number of Topliss-reactive ketones (excluding diaryl/α,β-unsaturated/α-hetero) is 1. The van der Waals surface area contributed by atoms with Crippen molar-refractivity contribution >= 4 is 70.7 Å². The van der Waals surface area contributed by atoms with Crippen LogP contribution in [-0.4, -0.2) is 60.5 Å². The van der Waals surface area contributed by atoms with Gasteiger partial charge in [-0.2, -0.15) is 5.70 Å². The molecular weight excluding hydrogens is 665 g/mol. The van der Waals surface area contributed by atoms with Crippen molar-refractivity contribution in [3.8, 4) is 0 Å². The number of hydrogen-bond donors (Lipinski definition) is 0. The molecule has 0 radical (unpaired) electrons. The van der Waals surface area contributed by atoms with Gasteiger partial charge in [0.15, 0.2) is 5.78 Å². The molecule has 9 nitrogen and oxygen atoms in total. The summed E-state index contributed by atoms with van der Waals surface area (Å²) in [6.45, 7) is 18.6. The summed E-state index contributed by atoms with van der Waals surface area (Å²) >= 11 is 0. The van der Waals surface area contributed by atoms with Crippen LogP contribution in [0.25, 0.3) is 35.2 Å². The molecule has 3 atom stereocenters. The number of methoxy groups -OCH3 is 1. The minimum absolute atomic E-state index is 0. The third-order valence-electron chi connectivity index (χ3n) is 10.8. The second-order valence-electron chi connectivity index (χ2n) is 13.8. The number of ether oxygens (including phenoxy) is 2. The Morgan fingerprint density at radius 3 is 2.33 bits per heavy atom.